The molecule has 0 unspecified atom stereocenters. The second-order valence-corrected chi connectivity index (χ2v) is 4.37. The van der Waals surface area contributed by atoms with Gasteiger partial charge in [0.25, 0.3) is 0 Å². The van der Waals surface area contributed by atoms with Crippen molar-refractivity contribution >= 4 is 0 Å². The largest absolute Gasteiger partial charge is 0.378 e. The zero-order valence-electron chi connectivity index (χ0n) is 9.31. The number of hydrogen-bond donors (Lipinski definition) is 1. The summed E-state index contributed by atoms with van der Waals surface area (Å²) in [4.78, 5) is 4.25. The average molecular weight is 210 g/mol. The second-order valence-electron chi connectivity index (χ2n) is 4.37. The lowest BCUT2D eigenvalue weighted by atomic mass is 10.2. The van der Waals surface area contributed by atoms with E-state index in [1.54, 1.807) is 6.33 Å². The van der Waals surface area contributed by atoms with Crippen molar-refractivity contribution in [2.24, 2.45) is 5.92 Å². The van der Waals surface area contributed by atoms with Crippen LogP contribution in [-0.2, 0) is 17.8 Å². The predicted molar refractivity (Wildman–Crippen MR) is 56.3 cm³/mol. The smallest absolute Gasteiger partial charge is 0.140 e. The SMILES string of the molecule is CC(C)Cn1ncnc1CNC1COC1. The van der Waals surface area contributed by atoms with Gasteiger partial charge in [-0.15, -0.1) is 0 Å². The van der Waals surface area contributed by atoms with Gasteiger partial charge >= 0.3 is 0 Å². The fourth-order valence-corrected chi connectivity index (χ4v) is 1.51. The predicted octanol–water partition coefficient (Wildman–Crippen LogP) is 0.422. The van der Waals surface area contributed by atoms with Crippen LogP contribution in [0.3, 0.4) is 0 Å². The number of ether oxygens (including phenoxy) is 1. The summed E-state index contributed by atoms with van der Waals surface area (Å²) in [7, 11) is 0. The molecular formula is C10H18N4O. The Morgan fingerprint density at radius 2 is 2.40 bits per heavy atom. The number of rotatable bonds is 5. The number of hydrogen-bond acceptors (Lipinski definition) is 4. The Labute approximate surface area is 89.8 Å². The minimum Gasteiger partial charge on any atom is -0.378 e. The van der Waals surface area contributed by atoms with Crippen LogP contribution in [0, 0.1) is 5.92 Å². The lowest BCUT2D eigenvalue weighted by Gasteiger charge is -2.26. The zero-order valence-corrected chi connectivity index (χ0v) is 9.31. The van der Waals surface area contributed by atoms with Gasteiger partial charge in [0, 0.05) is 6.54 Å². The Bertz CT molecular complexity index is 306. The van der Waals surface area contributed by atoms with Gasteiger partial charge in [-0.1, -0.05) is 13.8 Å². The van der Waals surface area contributed by atoms with Crippen molar-refractivity contribution in [1.29, 1.82) is 0 Å². The Morgan fingerprint density at radius 3 is 3.00 bits per heavy atom. The highest BCUT2D eigenvalue weighted by atomic mass is 16.5. The van der Waals surface area contributed by atoms with E-state index in [4.69, 9.17) is 4.74 Å². The highest BCUT2D eigenvalue weighted by molar-refractivity contribution is 4.86. The van der Waals surface area contributed by atoms with E-state index >= 15 is 0 Å². The van der Waals surface area contributed by atoms with E-state index < -0.39 is 0 Å². The molecule has 2 rings (SSSR count). The third-order valence-electron chi connectivity index (χ3n) is 2.42. The van der Waals surface area contributed by atoms with Gasteiger partial charge in [0.2, 0.25) is 0 Å². The summed E-state index contributed by atoms with van der Waals surface area (Å²) < 4.78 is 7.06. The molecule has 5 heteroatoms. The highest BCUT2D eigenvalue weighted by Gasteiger charge is 2.18. The van der Waals surface area contributed by atoms with E-state index in [2.05, 4.69) is 29.2 Å². The van der Waals surface area contributed by atoms with Crippen LogP contribution in [0.15, 0.2) is 6.33 Å². The van der Waals surface area contributed by atoms with Crippen LogP contribution in [0.25, 0.3) is 0 Å². The maximum absolute atomic E-state index is 5.09. The number of nitrogens with one attached hydrogen (secondary N) is 1. The topological polar surface area (TPSA) is 52.0 Å². The molecule has 1 aliphatic heterocycles. The third-order valence-corrected chi connectivity index (χ3v) is 2.42. The van der Waals surface area contributed by atoms with Crippen LogP contribution in [0.1, 0.15) is 19.7 Å². The normalized spacial score (nSPS) is 17.0. The summed E-state index contributed by atoms with van der Waals surface area (Å²) in [5.41, 5.74) is 0. The van der Waals surface area contributed by atoms with Crippen molar-refractivity contribution in [1.82, 2.24) is 20.1 Å². The molecule has 5 nitrogen and oxygen atoms in total. The molecule has 1 aromatic heterocycles. The van der Waals surface area contributed by atoms with Gasteiger partial charge in [0.1, 0.15) is 12.2 Å². The lowest BCUT2D eigenvalue weighted by Crippen LogP contribution is -2.45. The average Bonchev–Trinajstić information content (AvgIpc) is 2.49. The molecule has 0 amide bonds. The van der Waals surface area contributed by atoms with Gasteiger partial charge in [-0.05, 0) is 5.92 Å². The monoisotopic (exact) mass is 210 g/mol. The molecule has 15 heavy (non-hydrogen) atoms. The summed E-state index contributed by atoms with van der Waals surface area (Å²) in [6, 6.07) is 0.495. The van der Waals surface area contributed by atoms with Crippen molar-refractivity contribution in [3.8, 4) is 0 Å². The van der Waals surface area contributed by atoms with Gasteiger partial charge < -0.3 is 10.1 Å². The van der Waals surface area contributed by atoms with Crippen LogP contribution in [0.2, 0.25) is 0 Å². The molecule has 0 aliphatic carbocycles. The third kappa shape index (κ3) is 2.76. The van der Waals surface area contributed by atoms with Crippen LogP contribution in [0.4, 0.5) is 0 Å². The molecule has 0 spiro atoms. The maximum Gasteiger partial charge on any atom is 0.140 e. The van der Waals surface area contributed by atoms with E-state index in [0.717, 1.165) is 32.1 Å². The van der Waals surface area contributed by atoms with E-state index in [1.165, 1.54) is 0 Å². The number of aromatic nitrogens is 3. The van der Waals surface area contributed by atoms with Gasteiger partial charge in [-0.3, -0.25) is 0 Å². The molecule has 0 aromatic carbocycles. The van der Waals surface area contributed by atoms with Crippen LogP contribution >= 0.6 is 0 Å². The second kappa shape index (κ2) is 4.72. The zero-order chi connectivity index (χ0) is 10.7. The van der Waals surface area contributed by atoms with Crippen LogP contribution in [-0.4, -0.2) is 34.0 Å². The molecule has 1 fully saturated rings. The van der Waals surface area contributed by atoms with E-state index in [9.17, 15) is 0 Å². The first-order valence-electron chi connectivity index (χ1n) is 5.43. The maximum atomic E-state index is 5.09. The van der Waals surface area contributed by atoms with Crippen molar-refractivity contribution in [2.45, 2.75) is 33.0 Å². The lowest BCUT2D eigenvalue weighted by molar-refractivity contribution is -0.00620. The molecule has 1 aromatic rings. The summed E-state index contributed by atoms with van der Waals surface area (Å²) in [6.07, 6.45) is 1.62. The molecular weight excluding hydrogens is 192 g/mol. The summed E-state index contributed by atoms with van der Waals surface area (Å²) in [5.74, 6) is 1.60. The molecule has 0 saturated carbocycles. The Kier molecular flexibility index (Phi) is 3.33. The fraction of sp³-hybridized carbons (Fsp3) is 0.800. The molecule has 1 aliphatic rings. The molecule has 84 valence electrons. The molecule has 1 N–H and O–H groups in total. The van der Waals surface area contributed by atoms with Crippen molar-refractivity contribution in [3.05, 3.63) is 12.2 Å². The number of nitrogens with zero attached hydrogens (tertiary/aromatic N) is 3. The first kappa shape index (κ1) is 10.6. The van der Waals surface area contributed by atoms with Crippen LogP contribution in [0.5, 0.6) is 0 Å². The first-order chi connectivity index (χ1) is 7.25. The van der Waals surface area contributed by atoms with Gasteiger partial charge in [-0.25, -0.2) is 9.67 Å². The quantitative estimate of drug-likeness (QED) is 0.765. The Morgan fingerprint density at radius 1 is 1.60 bits per heavy atom. The molecule has 1 saturated heterocycles. The van der Waals surface area contributed by atoms with E-state index in [-0.39, 0.29) is 0 Å². The standard InChI is InChI=1S/C10H18N4O/c1-8(2)4-14-10(12-7-13-14)3-11-9-5-15-6-9/h7-9,11H,3-6H2,1-2H3. The van der Waals surface area contributed by atoms with E-state index in [1.807, 2.05) is 4.68 Å². The van der Waals surface area contributed by atoms with Gasteiger partial charge in [-0.2, -0.15) is 5.10 Å². The molecule has 0 bridgehead atoms. The summed E-state index contributed by atoms with van der Waals surface area (Å²) in [6.45, 7) is 7.70. The van der Waals surface area contributed by atoms with Crippen molar-refractivity contribution < 1.29 is 4.74 Å². The summed E-state index contributed by atoms with van der Waals surface area (Å²) >= 11 is 0. The molecule has 2 heterocycles. The molecule has 0 atom stereocenters. The van der Waals surface area contributed by atoms with Crippen molar-refractivity contribution in [3.63, 3.8) is 0 Å². The summed E-state index contributed by atoms with van der Waals surface area (Å²) in [5, 5.41) is 7.60. The van der Waals surface area contributed by atoms with Crippen LogP contribution < -0.4 is 5.32 Å². The molecule has 0 radical (unpaired) electrons. The van der Waals surface area contributed by atoms with Crippen molar-refractivity contribution in [2.75, 3.05) is 13.2 Å². The van der Waals surface area contributed by atoms with Gasteiger partial charge in [0.15, 0.2) is 0 Å². The first-order valence-corrected chi connectivity index (χ1v) is 5.43. The Balaban J connectivity index is 1.86. The van der Waals surface area contributed by atoms with Gasteiger partial charge in [0.05, 0.1) is 25.8 Å². The minimum atomic E-state index is 0.495. The Hall–Kier alpha value is -0.940. The highest BCUT2D eigenvalue weighted by Crippen LogP contribution is 2.04. The fourth-order valence-electron chi connectivity index (χ4n) is 1.51. The minimum absolute atomic E-state index is 0.495. The van der Waals surface area contributed by atoms with E-state index in [0.29, 0.717) is 12.0 Å².